The molecule has 2 aliphatic heterocycles. The molecule has 282 valence electrons. The van der Waals surface area contributed by atoms with Gasteiger partial charge in [-0.3, -0.25) is 19.6 Å². The molecule has 2 N–H and O–H groups in total. The van der Waals surface area contributed by atoms with Gasteiger partial charge < -0.3 is 20.4 Å². The fourth-order valence-electron chi connectivity index (χ4n) is 6.60. The highest BCUT2D eigenvalue weighted by atomic mass is 35.5. The van der Waals surface area contributed by atoms with Gasteiger partial charge in [0.1, 0.15) is 0 Å². The highest BCUT2D eigenvalue weighted by molar-refractivity contribution is 7.19. The van der Waals surface area contributed by atoms with Crippen LogP contribution in [0.1, 0.15) is 45.2 Å². The molecule has 6 heterocycles. The van der Waals surface area contributed by atoms with Crippen molar-refractivity contribution in [1.29, 1.82) is 0 Å². The van der Waals surface area contributed by atoms with Gasteiger partial charge in [0, 0.05) is 70.2 Å². The molecule has 0 radical (unpaired) electrons. The Labute approximate surface area is 330 Å². The highest BCUT2D eigenvalue weighted by Crippen LogP contribution is 2.38. The Morgan fingerprint density at radius 1 is 0.704 bits per heavy atom. The number of hydrogen-bond donors (Lipinski definition) is 2. The molecule has 13 heteroatoms. The Morgan fingerprint density at radius 2 is 1.28 bits per heavy atom. The number of nitrogens with zero attached hydrogens (tertiary/aromatic N) is 6. The predicted molar refractivity (Wildman–Crippen MR) is 224 cm³/mol. The first-order valence-corrected chi connectivity index (χ1v) is 20.5. The van der Waals surface area contributed by atoms with Crippen molar-refractivity contribution in [2.45, 2.75) is 46.5 Å². The standard InChI is InChI=1S/C20H22N4OS.C19H19ClN4OS.C2H6/c1-13-9-17-10-15(3-4-16(17)11-21-13)18-12-22-20(26-18)23-19(25)14-5-7-24(2)8-6-14;1-24-8-5-12(6-9-24)18(25)23-19-22-11-16(26-19)15-3-2-13-10-21-7-4-14(13)17(15)20;1-2/h3-4,9-12,14H,5-8H2,1-2H3,(H,22,23,25);2-4,7,10-12H,5-6,8-9H2,1H3,(H,22,23,25);1-2H3. The molecule has 2 aliphatic rings. The van der Waals surface area contributed by atoms with Gasteiger partial charge in [-0.2, -0.15) is 0 Å². The van der Waals surface area contributed by atoms with Gasteiger partial charge in [-0.25, -0.2) is 9.97 Å². The van der Waals surface area contributed by atoms with E-state index in [9.17, 15) is 9.59 Å². The smallest absolute Gasteiger partial charge is 0.229 e. The van der Waals surface area contributed by atoms with Crippen LogP contribution in [0.25, 0.3) is 42.4 Å². The van der Waals surface area contributed by atoms with Gasteiger partial charge in [-0.05, 0) is 102 Å². The summed E-state index contributed by atoms with van der Waals surface area (Å²) < 4.78 is 0. The lowest BCUT2D eigenvalue weighted by atomic mass is 9.96. The number of nitrogens with one attached hydrogen (secondary N) is 2. The van der Waals surface area contributed by atoms with Crippen LogP contribution < -0.4 is 10.6 Å². The van der Waals surface area contributed by atoms with Crippen molar-refractivity contribution < 1.29 is 9.59 Å². The number of benzene rings is 2. The molecular weight excluding hydrogens is 736 g/mol. The zero-order chi connectivity index (χ0) is 38.2. The van der Waals surface area contributed by atoms with Crippen LogP contribution in [0.15, 0.2) is 73.4 Å². The molecule has 0 aliphatic carbocycles. The summed E-state index contributed by atoms with van der Waals surface area (Å²) in [7, 11) is 4.19. The fourth-order valence-corrected chi connectivity index (χ4v) is 8.66. The fraction of sp³-hybridized carbons (Fsp3) is 0.366. The molecule has 0 atom stereocenters. The number of carbonyl (C=O) groups is 2. The maximum atomic E-state index is 12.5. The summed E-state index contributed by atoms with van der Waals surface area (Å²) in [6, 6.07) is 14.3. The van der Waals surface area contributed by atoms with Crippen LogP contribution in [-0.2, 0) is 9.59 Å². The number of hydrogen-bond acceptors (Lipinski definition) is 10. The van der Waals surface area contributed by atoms with Crippen LogP contribution in [0.3, 0.4) is 0 Å². The van der Waals surface area contributed by atoms with Gasteiger partial charge >= 0.3 is 0 Å². The van der Waals surface area contributed by atoms with E-state index in [1.54, 1.807) is 18.6 Å². The molecule has 54 heavy (non-hydrogen) atoms. The molecule has 2 saturated heterocycles. The summed E-state index contributed by atoms with van der Waals surface area (Å²) in [6.45, 7) is 9.88. The van der Waals surface area contributed by atoms with E-state index in [-0.39, 0.29) is 23.7 Å². The first kappa shape index (κ1) is 39.4. The average Bonchev–Trinajstić information content (AvgIpc) is 3.86. The summed E-state index contributed by atoms with van der Waals surface area (Å²) in [5.74, 6) is 0.318. The number of fused-ring (bicyclic) bond motifs is 2. The van der Waals surface area contributed by atoms with E-state index in [1.807, 2.05) is 51.4 Å². The van der Waals surface area contributed by atoms with Crippen molar-refractivity contribution in [2.75, 3.05) is 50.9 Å². The van der Waals surface area contributed by atoms with Gasteiger partial charge in [0.05, 0.1) is 14.8 Å². The number of thiazole rings is 2. The summed E-state index contributed by atoms with van der Waals surface area (Å²) in [5.41, 5.74) is 3.04. The number of aryl methyl sites for hydroxylation is 1. The van der Waals surface area contributed by atoms with E-state index in [4.69, 9.17) is 11.6 Å². The highest BCUT2D eigenvalue weighted by Gasteiger charge is 2.25. The summed E-state index contributed by atoms with van der Waals surface area (Å²) in [4.78, 5) is 48.7. The van der Waals surface area contributed by atoms with E-state index in [2.05, 4.69) is 78.7 Å². The number of halogens is 1. The molecule has 10 nitrogen and oxygen atoms in total. The van der Waals surface area contributed by atoms with E-state index in [0.717, 1.165) is 94.6 Å². The molecule has 8 rings (SSSR count). The number of amides is 2. The third kappa shape index (κ3) is 9.66. The number of piperidine rings is 2. The number of aromatic nitrogens is 4. The Hall–Kier alpha value is -4.33. The zero-order valence-corrected chi connectivity index (χ0v) is 33.8. The summed E-state index contributed by atoms with van der Waals surface area (Å²) >= 11 is 9.56. The number of rotatable bonds is 6. The van der Waals surface area contributed by atoms with E-state index in [1.165, 1.54) is 28.1 Å². The molecular formula is C41H47ClN8O2S2. The molecule has 2 aromatic carbocycles. The lowest BCUT2D eigenvalue weighted by molar-refractivity contribution is -0.121. The van der Waals surface area contributed by atoms with Crippen molar-refractivity contribution >= 4 is 77.9 Å². The van der Waals surface area contributed by atoms with Gasteiger partial charge in [0.15, 0.2) is 10.3 Å². The molecule has 2 fully saturated rings. The van der Waals surface area contributed by atoms with Gasteiger partial charge in [-0.15, -0.1) is 0 Å². The SMILES string of the molecule is CC.CN1CCC(C(=O)Nc2ncc(-c3ccc4cnccc4c3Cl)s2)CC1.Cc1cc2cc(-c3cnc(NC(=O)C4CCN(C)CC4)s3)ccc2cn1. The second-order valence-electron chi connectivity index (χ2n) is 13.6. The predicted octanol–water partition coefficient (Wildman–Crippen LogP) is 9.27. The molecule has 2 amide bonds. The van der Waals surface area contributed by atoms with E-state index >= 15 is 0 Å². The maximum Gasteiger partial charge on any atom is 0.229 e. The van der Waals surface area contributed by atoms with Crippen LogP contribution in [0.2, 0.25) is 5.02 Å². The minimum absolute atomic E-state index is 0.0645. The first-order chi connectivity index (χ1) is 26.2. The second-order valence-corrected chi connectivity index (χ2v) is 16.0. The number of carbonyl (C=O) groups excluding carboxylic acids is 2. The van der Waals surface area contributed by atoms with Crippen LogP contribution in [0.4, 0.5) is 10.3 Å². The second kappa shape index (κ2) is 18.3. The monoisotopic (exact) mass is 782 g/mol. The molecule has 4 aromatic heterocycles. The summed E-state index contributed by atoms with van der Waals surface area (Å²) in [5, 5.41) is 12.2. The van der Waals surface area contributed by atoms with E-state index in [0.29, 0.717) is 15.3 Å². The van der Waals surface area contributed by atoms with E-state index < -0.39 is 0 Å². The quantitative estimate of drug-likeness (QED) is 0.172. The minimum atomic E-state index is 0.0645. The number of pyridine rings is 2. The van der Waals surface area contributed by atoms with Crippen molar-refractivity contribution in [3.8, 4) is 20.9 Å². The van der Waals surface area contributed by atoms with Crippen molar-refractivity contribution in [2.24, 2.45) is 11.8 Å². The molecule has 6 aromatic rings. The molecule has 0 bridgehead atoms. The van der Waals surface area contributed by atoms with Crippen LogP contribution in [0.5, 0.6) is 0 Å². The van der Waals surface area contributed by atoms with Crippen LogP contribution >= 0.6 is 34.3 Å². The minimum Gasteiger partial charge on any atom is -0.306 e. The lowest BCUT2D eigenvalue weighted by Gasteiger charge is -2.27. The number of anilines is 2. The van der Waals surface area contributed by atoms with Crippen LogP contribution in [0, 0.1) is 18.8 Å². The Bertz CT molecular complexity index is 2210. The van der Waals surface area contributed by atoms with Crippen LogP contribution in [-0.4, -0.2) is 81.8 Å². The van der Waals surface area contributed by atoms with Gasteiger partial charge in [0.2, 0.25) is 11.8 Å². The lowest BCUT2D eigenvalue weighted by Crippen LogP contribution is -2.35. The van der Waals surface area contributed by atoms with Gasteiger partial charge in [-0.1, -0.05) is 72.4 Å². The average molecular weight is 783 g/mol. The Kier molecular flexibility index (Phi) is 13.4. The van der Waals surface area contributed by atoms with Crippen molar-refractivity contribution in [1.82, 2.24) is 29.7 Å². The topological polar surface area (TPSA) is 116 Å². The molecule has 0 spiro atoms. The number of likely N-dealkylation sites (tertiary alicyclic amines) is 2. The third-order valence-electron chi connectivity index (χ3n) is 9.81. The normalized spacial score (nSPS) is 15.6. The first-order valence-electron chi connectivity index (χ1n) is 18.5. The van der Waals surface area contributed by atoms with Crippen molar-refractivity contribution in [3.05, 3.63) is 84.2 Å². The molecule has 0 saturated carbocycles. The largest absolute Gasteiger partial charge is 0.306 e. The summed E-state index contributed by atoms with van der Waals surface area (Å²) in [6.07, 6.45) is 12.7. The zero-order valence-electron chi connectivity index (χ0n) is 31.4. The maximum absolute atomic E-state index is 12.5. The molecule has 0 unspecified atom stereocenters. The van der Waals surface area contributed by atoms with Gasteiger partial charge in [0.25, 0.3) is 0 Å². The Balaban J connectivity index is 0.000000176. The van der Waals surface area contributed by atoms with Crippen molar-refractivity contribution in [3.63, 3.8) is 0 Å². The third-order valence-corrected chi connectivity index (χ3v) is 12.1. The Morgan fingerprint density at radius 3 is 1.91 bits per heavy atom.